The highest BCUT2D eigenvalue weighted by atomic mass is 32.2. The molecule has 3 aromatic rings. The van der Waals surface area contributed by atoms with E-state index in [1.54, 1.807) is 17.7 Å². The topological polar surface area (TPSA) is 73.2 Å². The van der Waals surface area contributed by atoms with Gasteiger partial charge in [0, 0.05) is 6.04 Å². The molecule has 1 aromatic heterocycles. The molecule has 6 nitrogen and oxygen atoms in total. The van der Waals surface area contributed by atoms with Gasteiger partial charge in [-0.1, -0.05) is 55.6 Å². The normalized spacial score (nSPS) is 14.8. The van der Waals surface area contributed by atoms with Crippen LogP contribution in [-0.4, -0.2) is 34.4 Å². The first-order valence-electron chi connectivity index (χ1n) is 11.2. The van der Waals surface area contributed by atoms with Crippen molar-refractivity contribution in [2.24, 2.45) is 0 Å². The summed E-state index contributed by atoms with van der Waals surface area (Å²) in [5.74, 6) is 0.765. The number of rotatable bonds is 6. The molecule has 0 atom stereocenters. The molecule has 0 saturated heterocycles. The van der Waals surface area contributed by atoms with Crippen LogP contribution in [0.3, 0.4) is 0 Å². The van der Waals surface area contributed by atoms with Crippen LogP contribution in [0.4, 0.5) is 0 Å². The monoisotopic (exact) mass is 451 g/mol. The number of ether oxygens (including phenoxy) is 1. The van der Waals surface area contributed by atoms with Gasteiger partial charge in [0.25, 0.3) is 5.56 Å². The Labute approximate surface area is 192 Å². The molecule has 2 aromatic carbocycles. The van der Waals surface area contributed by atoms with Gasteiger partial charge >= 0.3 is 0 Å². The average molecular weight is 452 g/mol. The van der Waals surface area contributed by atoms with Gasteiger partial charge in [-0.3, -0.25) is 14.2 Å². The fraction of sp³-hybridized carbons (Fsp3) is 0.400. The van der Waals surface area contributed by atoms with Crippen LogP contribution in [-0.2, 0) is 4.79 Å². The minimum absolute atomic E-state index is 0.0212. The van der Waals surface area contributed by atoms with E-state index in [2.05, 4.69) is 5.32 Å². The number of carbonyl (C=O) groups is 1. The fourth-order valence-corrected chi connectivity index (χ4v) is 5.04. The summed E-state index contributed by atoms with van der Waals surface area (Å²) in [4.78, 5) is 30.9. The Bertz CT molecular complexity index is 1170. The van der Waals surface area contributed by atoms with Crippen LogP contribution in [0, 0.1) is 6.92 Å². The smallest absolute Gasteiger partial charge is 0.266 e. The maximum atomic E-state index is 13.5. The first kappa shape index (κ1) is 22.4. The Hall–Kier alpha value is -2.80. The van der Waals surface area contributed by atoms with E-state index in [0.717, 1.165) is 31.2 Å². The number of fused-ring (bicyclic) bond motifs is 1. The van der Waals surface area contributed by atoms with E-state index in [1.807, 2.05) is 43.3 Å². The number of nitrogens with zero attached hydrogens (tertiary/aromatic N) is 2. The molecule has 7 heteroatoms. The highest BCUT2D eigenvalue weighted by Crippen LogP contribution is 2.28. The first-order valence-corrected chi connectivity index (χ1v) is 12.1. The zero-order valence-corrected chi connectivity index (χ0v) is 19.4. The molecule has 168 valence electrons. The standard InChI is InChI=1S/C25H29N3O3S/c1-17-13-14-22(31-2)21(15-17)28-24(30)19-11-7-8-12-20(19)27-25(28)32-16-23(29)26-18-9-5-3-4-6-10-18/h7-8,11-15,18H,3-6,9-10,16H2,1-2H3,(H,26,29). The zero-order valence-electron chi connectivity index (χ0n) is 18.6. The van der Waals surface area contributed by atoms with Crippen LogP contribution in [0.25, 0.3) is 16.6 Å². The van der Waals surface area contributed by atoms with E-state index in [4.69, 9.17) is 9.72 Å². The number of hydrogen-bond donors (Lipinski definition) is 1. The molecule has 0 bridgehead atoms. The van der Waals surface area contributed by atoms with Crippen LogP contribution in [0.15, 0.2) is 52.4 Å². The summed E-state index contributed by atoms with van der Waals surface area (Å²) in [6.07, 6.45) is 6.89. The lowest BCUT2D eigenvalue weighted by Crippen LogP contribution is -2.35. The number of carbonyl (C=O) groups excluding carboxylic acids is 1. The van der Waals surface area contributed by atoms with Gasteiger partial charge in [0.15, 0.2) is 5.16 Å². The summed E-state index contributed by atoms with van der Waals surface area (Å²) in [6.45, 7) is 1.97. The molecule has 4 rings (SSSR count). The van der Waals surface area contributed by atoms with Crippen molar-refractivity contribution >= 4 is 28.6 Å². The van der Waals surface area contributed by atoms with Crippen molar-refractivity contribution in [3.05, 3.63) is 58.4 Å². The molecule has 32 heavy (non-hydrogen) atoms. The fourth-order valence-electron chi connectivity index (χ4n) is 4.22. The quantitative estimate of drug-likeness (QED) is 0.336. The number of benzene rings is 2. The van der Waals surface area contributed by atoms with Gasteiger partial charge in [0.05, 0.1) is 29.5 Å². The molecular formula is C25H29N3O3S. The SMILES string of the molecule is COc1ccc(C)cc1-n1c(SCC(=O)NC2CCCCCC2)nc2ccccc2c1=O. The number of aryl methyl sites for hydroxylation is 1. The molecule has 1 aliphatic carbocycles. The van der Waals surface area contributed by atoms with Gasteiger partial charge in [-0.25, -0.2) is 4.98 Å². The Morgan fingerprint density at radius 2 is 1.91 bits per heavy atom. The van der Waals surface area contributed by atoms with E-state index in [9.17, 15) is 9.59 Å². The molecule has 1 saturated carbocycles. The van der Waals surface area contributed by atoms with Crippen molar-refractivity contribution < 1.29 is 9.53 Å². The highest BCUT2D eigenvalue weighted by Gasteiger charge is 2.19. The average Bonchev–Trinajstić information content (AvgIpc) is 3.06. The van der Waals surface area contributed by atoms with Crippen LogP contribution < -0.4 is 15.6 Å². The molecular weight excluding hydrogens is 422 g/mol. The number of para-hydroxylation sites is 1. The third-order valence-corrected chi connectivity index (χ3v) is 6.81. The number of hydrogen-bond acceptors (Lipinski definition) is 5. The van der Waals surface area contributed by atoms with Crippen molar-refractivity contribution in [2.75, 3.05) is 12.9 Å². The number of amides is 1. The van der Waals surface area contributed by atoms with E-state index < -0.39 is 0 Å². The third kappa shape index (κ3) is 4.99. The molecule has 0 unspecified atom stereocenters. The molecule has 1 fully saturated rings. The highest BCUT2D eigenvalue weighted by molar-refractivity contribution is 7.99. The minimum atomic E-state index is -0.175. The lowest BCUT2D eigenvalue weighted by molar-refractivity contribution is -0.119. The number of nitrogens with one attached hydrogen (secondary N) is 1. The van der Waals surface area contributed by atoms with Crippen molar-refractivity contribution in [3.63, 3.8) is 0 Å². The summed E-state index contributed by atoms with van der Waals surface area (Å²) in [5, 5.41) is 4.18. The van der Waals surface area contributed by atoms with Gasteiger partial charge in [-0.15, -0.1) is 0 Å². The Kier molecular flexibility index (Phi) is 7.15. The lowest BCUT2D eigenvalue weighted by atomic mass is 10.1. The van der Waals surface area contributed by atoms with E-state index in [0.29, 0.717) is 27.5 Å². The summed E-state index contributed by atoms with van der Waals surface area (Å²) in [7, 11) is 1.58. The van der Waals surface area contributed by atoms with Crippen molar-refractivity contribution in [3.8, 4) is 11.4 Å². The van der Waals surface area contributed by atoms with Crippen LogP contribution in [0.1, 0.15) is 44.1 Å². The minimum Gasteiger partial charge on any atom is -0.495 e. The second-order valence-corrected chi connectivity index (χ2v) is 9.21. The Morgan fingerprint density at radius 1 is 1.16 bits per heavy atom. The second-order valence-electron chi connectivity index (χ2n) is 8.27. The van der Waals surface area contributed by atoms with Crippen molar-refractivity contribution in [2.45, 2.75) is 56.6 Å². The Morgan fingerprint density at radius 3 is 2.66 bits per heavy atom. The van der Waals surface area contributed by atoms with Crippen molar-refractivity contribution in [1.82, 2.24) is 14.9 Å². The third-order valence-electron chi connectivity index (χ3n) is 5.87. The van der Waals surface area contributed by atoms with E-state index in [-0.39, 0.29) is 23.3 Å². The van der Waals surface area contributed by atoms with Gasteiger partial charge in [0.1, 0.15) is 5.75 Å². The second kappa shape index (κ2) is 10.2. The van der Waals surface area contributed by atoms with Gasteiger partial charge in [-0.05, 0) is 49.6 Å². The molecule has 0 spiro atoms. The molecule has 1 amide bonds. The van der Waals surface area contributed by atoms with Crippen LogP contribution in [0.2, 0.25) is 0 Å². The lowest BCUT2D eigenvalue weighted by Gasteiger charge is -2.18. The summed E-state index contributed by atoms with van der Waals surface area (Å²) < 4.78 is 7.11. The van der Waals surface area contributed by atoms with Crippen LogP contribution >= 0.6 is 11.8 Å². The maximum Gasteiger partial charge on any atom is 0.266 e. The molecule has 1 aliphatic rings. The zero-order chi connectivity index (χ0) is 22.5. The van der Waals surface area contributed by atoms with E-state index >= 15 is 0 Å². The molecule has 0 radical (unpaired) electrons. The van der Waals surface area contributed by atoms with Crippen LogP contribution in [0.5, 0.6) is 5.75 Å². The molecule has 1 N–H and O–H groups in total. The maximum absolute atomic E-state index is 13.5. The van der Waals surface area contributed by atoms with Crippen molar-refractivity contribution in [1.29, 1.82) is 0 Å². The number of thioether (sulfide) groups is 1. The van der Waals surface area contributed by atoms with E-state index in [1.165, 1.54) is 24.6 Å². The first-order chi connectivity index (χ1) is 15.6. The molecule has 1 heterocycles. The van der Waals surface area contributed by atoms with Gasteiger partial charge < -0.3 is 10.1 Å². The van der Waals surface area contributed by atoms with Gasteiger partial charge in [0.2, 0.25) is 5.91 Å². The predicted molar refractivity (Wildman–Crippen MR) is 129 cm³/mol. The Balaban J connectivity index is 1.67. The number of methoxy groups -OCH3 is 1. The summed E-state index contributed by atoms with van der Waals surface area (Å²) in [5.41, 5.74) is 2.07. The van der Waals surface area contributed by atoms with Gasteiger partial charge in [-0.2, -0.15) is 0 Å². The molecule has 0 aliphatic heterocycles. The summed E-state index contributed by atoms with van der Waals surface area (Å²) >= 11 is 1.28. The number of aromatic nitrogens is 2. The predicted octanol–water partition coefficient (Wildman–Crippen LogP) is 4.63. The summed E-state index contributed by atoms with van der Waals surface area (Å²) in [6, 6.07) is 13.2. The largest absolute Gasteiger partial charge is 0.495 e.